The molecular weight excluding hydrogens is 144 g/mol. The lowest BCUT2D eigenvalue weighted by molar-refractivity contribution is -0.119. The van der Waals surface area contributed by atoms with E-state index in [0.717, 1.165) is 0 Å². The Labute approximate surface area is 55.2 Å². The lowest BCUT2D eigenvalue weighted by atomic mass is 10.6. The minimum atomic E-state index is -2.35. The summed E-state index contributed by atoms with van der Waals surface area (Å²) in [4.78, 5) is 10.3. The molecule has 6 heteroatoms. The molecule has 0 aliphatic heterocycles. The highest BCUT2D eigenvalue weighted by atomic mass is 32.2. The van der Waals surface area contributed by atoms with Crippen LogP contribution < -0.4 is 10.0 Å². The van der Waals surface area contributed by atoms with Crippen LogP contribution in [-0.4, -0.2) is 28.3 Å². The van der Waals surface area contributed by atoms with Crippen LogP contribution in [0.3, 0.4) is 0 Å². The zero-order chi connectivity index (χ0) is 7.28. The molecule has 1 unspecified atom stereocenters. The van der Waals surface area contributed by atoms with Gasteiger partial charge in [0.2, 0.25) is 5.91 Å². The van der Waals surface area contributed by atoms with E-state index in [0.29, 0.717) is 0 Å². The summed E-state index contributed by atoms with van der Waals surface area (Å²) in [5, 5.41) is 2.25. The number of nitrogens with one attached hydrogen (secondary N) is 2. The Bertz CT molecular complexity index is 126. The highest BCUT2D eigenvalue weighted by Crippen LogP contribution is 1.62. The monoisotopic (exact) mass is 151 g/mol. The lowest BCUT2D eigenvalue weighted by Crippen LogP contribution is -2.32. The fourth-order valence-corrected chi connectivity index (χ4v) is 0.462. The van der Waals surface area contributed by atoms with Gasteiger partial charge >= 0.3 is 0 Å². The van der Waals surface area contributed by atoms with Crippen molar-refractivity contribution in [2.45, 2.75) is 0 Å². The molecule has 0 saturated carbocycles. The predicted octanol–water partition coefficient (Wildman–Crippen LogP) is -1.88. The van der Waals surface area contributed by atoms with Crippen LogP contribution in [0, 0.1) is 0 Å². The summed E-state index contributed by atoms with van der Waals surface area (Å²) in [6.45, 7) is -0.202. The second-order valence-corrected chi connectivity index (χ2v) is 1.99. The number of carbonyl (C=O) groups excluding carboxylic acids is 1. The van der Waals surface area contributed by atoms with Crippen LogP contribution in [0.2, 0.25) is 0 Å². The summed E-state index contributed by atoms with van der Waals surface area (Å²) in [5.74, 6) is -0.362. The summed E-state index contributed by atoms with van der Waals surface area (Å²) in [7, 11) is 1.43. The van der Waals surface area contributed by atoms with Crippen molar-refractivity contribution in [2.24, 2.45) is 0 Å². The Kier molecular flexibility index (Phi) is 4.20. The smallest absolute Gasteiger partial charge is 0.234 e. The first kappa shape index (κ1) is 8.54. The molecule has 0 aliphatic rings. The second-order valence-electron chi connectivity index (χ2n) is 1.23. The number of rotatable bonds is 3. The van der Waals surface area contributed by atoms with Gasteiger partial charge in [-0.3, -0.25) is 9.00 Å². The summed E-state index contributed by atoms with van der Waals surface area (Å²) in [6.07, 6.45) is 0. The second kappa shape index (κ2) is 4.42. The van der Waals surface area contributed by atoms with Gasteiger partial charge in [0.15, 0.2) is 0 Å². The highest BCUT2D eigenvalue weighted by Gasteiger charge is 1.93. The molecule has 1 amide bonds. The lowest BCUT2D eigenvalue weighted by Gasteiger charge is -2.04. The van der Waals surface area contributed by atoms with E-state index < -0.39 is 11.3 Å². The van der Waals surface area contributed by atoms with E-state index in [-0.39, 0.29) is 12.5 Å². The van der Waals surface area contributed by atoms with Crippen molar-refractivity contribution >= 4 is 17.2 Å². The maximum Gasteiger partial charge on any atom is 0.234 e. The number of hydrogen-bond donors (Lipinski definition) is 2. The minimum Gasteiger partial charge on any atom is -0.760 e. The first-order valence-electron chi connectivity index (χ1n) is 2.20. The van der Waals surface area contributed by atoms with Crippen molar-refractivity contribution in [3.05, 3.63) is 0 Å². The van der Waals surface area contributed by atoms with Gasteiger partial charge in [0.25, 0.3) is 0 Å². The van der Waals surface area contributed by atoms with E-state index in [2.05, 4.69) is 5.32 Å². The van der Waals surface area contributed by atoms with Crippen LogP contribution >= 0.6 is 0 Å². The van der Waals surface area contributed by atoms with Crippen molar-refractivity contribution < 1.29 is 13.6 Å². The molecule has 0 aromatic heterocycles. The van der Waals surface area contributed by atoms with Crippen molar-refractivity contribution in [3.63, 3.8) is 0 Å². The topological polar surface area (TPSA) is 81.3 Å². The average Bonchev–Trinajstić information content (AvgIpc) is 1.83. The van der Waals surface area contributed by atoms with E-state index >= 15 is 0 Å². The number of hydrogen-bond acceptors (Lipinski definition) is 3. The predicted molar refractivity (Wildman–Crippen MR) is 31.0 cm³/mol. The van der Waals surface area contributed by atoms with Crippen LogP contribution in [0.1, 0.15) is 0 Å². The Hall–Kier alpha value is -0.460. The molecule has 0 aromatic rings. The van der Waals surface area contributed by atoms with Crippen LogP contribution in [0.15, 0.2) is 0 Å². The minimum absolute atomic E-state index is 0.202. The Morgan fingerprint density at radius 3 is 2.67 bits per heavy atom. The number of carbonyl (C=O) groups is 1. The van der Waals surface area contributed by atoms with Crippen LogP contribution in [0.4, 0.5) is 0 Å². The zero-order valence-corrected chi connectivity index (χ0v) is 5.66. The molecule has 0 bridgehead atoms. The molecule has 2 N–H and O–H groups in total. The van der Waals surface area contributed by atoms with Crippen molar-refractivity contribution in [1.29, 1.82) is 0 Å². The van der Waals surface area contributed by atoms with Gasteiger partial charge in [-0.1, -0.05) is 0 Å². The van der Waals surface area contributed by atoms with Gasteiger partial charge in [0, 0.05) is 18.3 Å². The molecule has 0 saturated heterocycles. The summed E-state index contributed by atoms with van der Waals surface area (Å²) >= 11 is -2.35. The molecule has 0 radical (unpaired) electrons. The van der Waals surface area contributed by atoms with Crippen LogP contribution in [0.25, 0.3) is 0 Å². The van der Waals surface area contributed by atoms with Gasteiger partial charge in [0.05, 0.1) is 6.54 Å². The fourth-order valence-electron chi connectivity index (χ4n) is 0.213. The first-order chi connectivity index (χ1) is 4.16. The maximum atomic E-state index is 10.3. The summed E-state index contributed by atoms with van der Waals surface area (Å²) in [5.41, 5.74) is 0. The normalized spacial score (nSPS) is 12.7. The SMILES string of the molecule is CNC(=O)CNS(=O)[O-]. The van der Waals surface area contributed by atoms with Gasteiger partial charge in [-0.25, -0.2) is 4.72 Å². The van der Waals surface area contributed by atoms with Crippen LogP contribution in [-0.2, 0) is 16.1 Å². The third kappa shape index (κ3) is 5.41. The Balaban J connectivity index is 3.28. The van der Waals surface area contributed by atoms with Crippen molar-refractivity contribution in [2.75, 3.05) is 13.6 Å². The molecule has 5 nitrogen and oxygen atoms in total. The van der Waals surface area contributed by atoms with E-state index in [4.69, 9.17) is 0 Å². The Morgan fingerprint density at radius 2 is 2.33 bits per heavy atom. The summed E-state index contributed by atoms with van der Waals surface area (Å²) in [6, 6.07) is 0. The van der Waals surface area contributed by atoms with Gasteiger partial charge in [-0.2, -0.15) is 0 Å². The molecule has 0 aliphatic carbocycles. The molecule has 0 aromatic carbocycles. The highest BCUT2D eigenvalue weighted by molar-refractivity contribution is 7.77. The summed E-state index contributed by atoms with van der Waals surface area (Å²) < 4.78 is 21.4. The molecule has 0 fully saturated rings. The van der Waals surface area contributed by atoms with Gasteiger partial charge in [-0.05, 0) is 0 Å². The van der Waals surface area contributed by atoms with E-state index in [1.165, 1.54) is 7.05 Å². The molecule has 9 heavy (non-hydrogen) atoms. The van der Waals surface area contributed by atoms with E-state index in [1.807, 2.05) is 4.72 Å². The molecular formula is C3H7N2O3S-. The molecule has 0 rings (SSSR count). The van der Waals surface area contributed by atoms with Gasteiger partial charge in [0.1, 0.15) is 0 Å². The van der Waals surface area contributed by atoms with Gasteiger partial charge in [-0.15, -0.1) is 0 Å². The number of amides is 1. The van der Waals surface area contributed by atoms with Crippen molar-refractivity contribution in [1.82, 2.24) is 10.0 Å². The Morgan fingerprint density at radius 1 is 1.78 bits per heavy atom. The standard InChI is InChI=1S/C3H8N2O3S/c1-4-3(6)2-5-9(7)8/h5H,2H2,1H3,(H,4,6)(H,7,8)/p-1. The average molecular weight is 151 g/mol. The van der Waals surface area contributed by atoms with E-state index in [1.54, 1.807) is 0 Å². The third-order valence-corrected chi connectivity index (χ3v) is 1.01. The molecule has 0 spiro atoms. The third-order valence-electron chi connectivity index (χ3n) is 0.629. The largest absolute Gasteiger partial charge is 0.760 e. The van der Waals surface area contributed by atoms with Gasteiger partial charge < -0.3 is 9.87 Å². The fraction of sp³-hybridized carbons (Fsp3) is 0.667. The number of likely N-dealkylation sites (N-methyl/N-ethyl adjacent to an activating group) is 1. The zero-order valence-electron chi connectivity index (χ0n) is 4.84. The van der Waals surface area contributed by atoms with Crippen LogP contribution in [0.5, 0.6) is 0 Å². The molecule has 1 atom stereocenters. The quantitative estimate of drug-likeness (QED) is 0.463. The molecule has 54 valence electrons. The van der Waals surface area contributed by atoms with E-state index in [9.17, 15) is 13.6 Å². The maximum absolute atomic E-state index is 10.3. The first-order valence-corrected chi connectivity index (χ1v) is 3.27. The van der Waals surface area contributed by atoms with Crippen molar-refractivity contribution in [3.8, 4) is 0 Å². The molecule has 0 heterocycles.